The first-order valence-electron chi connectivity index (χ1n) is 5.23. The number of likely N-dealkylation sites (N-methyl/N-ethyl adjacent to an activating group) is 1. The molecule has 1 aromatic rings. The van der Waals surface area contributed by atoms with Crippen LogP contribution in [0.3, 0.4) is 0 Å². The summed E-state index contributed by atoms with van der Waals surface area (Å²) in [6, 6.07) is 6.56. The van der Waals surface area contributed by atoms with Crippen LogP contribution in [0.4, 0.5) is 11.4 Å². The Bertz CT molecular complexity index is 462. The molecule has 0 aliphatic heterocycles. The molecule has 0 radical (unpaired) electrons. The molecule has 17 heavy (non-hydrogen) atoms. The Morgan fingerprint density at radius 2 is 2.18 bits per heavy atom. The monoisotopic (exact) mass is 232 g/mol. The van der Waals surface area contributed by atoms with Crippen molar-refractivity contribution in [1.29, 1.82) is 5.26 Å². The summed E-state index contributed by atoms with van der Waals surface area (Å²) >= 11 is 0. The second kappa shape index (κ2) is 5.21. The van der Waals surface area contributed by atoms with Crippen LogP contribution in [0.1, 0.15) is 12.5 Å². The zero-order chi connectivity index (χ0) is 13.0. The molecule has 90 valence electrons. The lowest BCUT2D eigenvalue weighted by molar-refractivity contribution is -0.129. The molecule has 0 fully saturated rings. The third kappa shape index (κ3) is 3.11. The van der Waals surface area contributed by atoms with E-state index >= 15 is 0 Å². The van der Waals surface area contributed by atoms with Crippen molar-refractivity contribution in [2.45, 2.75) is 13.0 Å². The summed E-state index contributed by atoms with van der Waals surface area (Å²) in [7, 11) is 3.38. The number of anilines is 2. The molecule has 0 spiro atoms. The van der Waals surface area contributed by atoms with Crippen LogP contribution in [0, 0.1) is 11.3 Å². The normalized spacial score (nSPS) is 11.4. The standard InChI is InChI=1S/C12H16N4O/c1-8(12(17)16(2)3)15-11-6-9(7-13)4-5-10(11)14/h4-6,8,15H,14H2,1-3H3. The summed E-state index contributed by atoms with van der Waals surface area (Å²) in [5.41, 5.74) is 7.40. The van der Waals surface area contributed by atoms with E-state index in [2.05, 4.69) is 5.32 Å². The summed E-state index contributed by atoms with van der Waals surface area (Å²) in [6.45, 7) is 1.75. The average molecular weight is 232 g/mol. The zero-order valence-corrected chi connectivity index (χ0v) is 10.2. The van der Waals surface area contributed by atoms with Gasteiger partial charge in [0.15, 0.2) is 0 Å². The van der Waals surface area contributed by atoms with E-state index in [-0.39, 0.29) is 11.9 Å². The number of nitriles is 1. The van der Waals surface area contributed by atoms with Gasteiger partial charge in [0.1, 0.15) is 6.04 Å². The Hall–Kier alpha value is -2.22. The Kier molecular flexibility index (Phi) is 3.94. The zero-order valence-electron chi connectivity index (χ0n) is 10.2. The SMILES string of the molecule is CC(Nc1cc(C#N)ccc1N)C(=O)N(C)C. The average Bonchev–Trinajstić information content (AvgIpc) is 2.30. The van der Waals surface area contributed by atoms with Gasteiger partial charge in [-0.3, -0.25) is 4.79 Å². The van der Waals surface area contributed by atoms with Crippen LogP contribution in [0.5, 0.6) is 0 Å². The van der Waals surface area contributed by atoms with Gasteiger partial charge in [-0.05, 0) is 25.1 Å². The van der Waals surface area contributed by atoms with Gasteiger partial charge in [0, 0.05) is 14.1 Å². The molecule has 0 aliphatic rings. The minimum Gasteiger partial charge on any atom is -0.397 e. The predicted molar refractivity (Wildman–Crippen MR) is 67.3 cm³/mol. The molecule has 1 unspecified atom stereocenters. The van der Waals surface area contributed by atoms with E-state index in [9.17, 15) is 4.79 Å². The number of carbonyl (C=O) groups is 1. The van der Waals surface area contributed by atoms with Crippen molar-refractivity contribution >= 4 is 17.3 Å². The number of nitrogens with two attached hydrogens (primary N) is 1. The van der Waals surface area contributed by atoms with Gasteiger partial charge in [0.05, 0.1) is 23.0 Å². The van der Waals surface area contributed by atoms with Gasteiger partial charge < -0.3 is 16.0 Å². The molecule has 3 N–H and O–H groups in total. The molecule has 0 saturated heterocycles. The number of nitrogen functional groups attached to an aromatic ring is 1. The fourth-order valence-corrected chi connectivity index (χ4v) is 1.43. The van der Waals surface area contributed by atoms with Gasteiger partial charge in [-0.15, -0.1) is 0 Å². The van der Waals surface area contributed by atoms with Gasteiger partial charge in [-0.25, -0.2) is 0 Å². The molecule has 1 aromatic carbocycles. The highest BCUT2D eigenvalue weighted by Crippen LogP contribution is 2.20. The van der Waals surface area contributed by atoms with Crippen molar-refractivity contribution in [2.24, 2.45) is 0 Å². The largest absolute Gasteiger partial charge is 0.397 e. The third-order valence-electron chi connectivity index (χ3n) is 2.37. The molecule has 0 bridgehead atoms. The second-order valence-corrected chi connectivity index (χ2v) is 4.01. The van der Waals surface area contributed by atoms with Crippen molar-refractivity contribution in [2.75, 3.05) is 25.1 Å². The highest BCUT2D eigenvalue weighted by Gasteiger charge is 2.15. The summed E-state index contributed by atoms with van der Waals surface area (Å²) in [4.78, 5) is 13.2. The molecule has 0 saturated carbocycles. The summed E-state index contributed by atoms with van der Waals surface area (Å²) in [5.74, 6) is -0.0493. The van der Waals surface area contributed by atoms with Crippen LogP contribution in [0.25, 0.3) is 0 Å². The summed E-state index contributed by atoms with van der Waals surface area (Å²) in [6.07, 6.45) is 0. The van der Waals surface area contributed by atoms with Gasteiger partial charge >= 0.3 is 0 Å². The Morgan fingerprint density at radius 1 is 1.53 bits per heavy atom. The minimum atomic E-state index is -0.388. The number of hydrogen-bond donors (Lipinski definition) is 2. The highest BCUT2D eigenvalue weighted by atomic mass is 16.2. The fraction of sp³-hybridized carbons (Fsp3) is 0.333. The van der Waals surface area contributed by atoms with Crippen LogP contribution in [0.15, 0.2) is 18.2 Å². The number of nitrogens with zero attached hydrogens (tertiary/aromatic N) is 2. The lowest BCUT2D eigenvalue weighted by Crippen LogP contribution is -2.36. The van der Waals surface area contributed by atoms with E-state index in [4.69, 9.17) is 11.0 Å². The lowest BCUT2D eigenvalue weighted by Gasteiger charge is -2.19. The van der Waals surface area contributed by atoms with Crippen molar-refractivity contribution in [3.63, 3.8) is 0 Å². The van der Waals surface area contributed by atoms with E-state index < -0.39 is 0 Å². The number of hydrogen-bond acceptors (Lipinski definition) is 4. The van der Waals surface area contributed by atoms with E-state index in [1.807, 2.05) is 6.07 Å². The molecule has 0 aromatic heterocycles. The molecule has 5 heteroatoms. The maximum absolute atomic E-state index is 11.7. The lowest BCUT2D eigenvalue weighted by atomic mass is 10.1. The first kappa shape index (κ1) is 12.8. The van der Waals surface area contributed by atoms with Crippen molar-refractivity contribution < 1.29 is 4.79 Å². The highest BCUT2D eigenvalue weighted by molar-refractivity contribution is 5.85. The number of amides is 1. The number of carbonyl (C=O) groups excluding carboxylic acids is 1. The van der Waals surface area contributed by atoms with Gasteiger partial charge in [-0.1, -0.05) is 0 Å². The number of benzene rings is 1. The smallest absolute Gasteiger partial charge is 0.244 e. The molecular formula is C12H16N4O. The van der Waals surface area contributed by atoms with Crippen molar-refractivity contribution in [3.05, 3.63) is 23.8 Å². The maximum atomic E-state index is 11.7. The molecule has 0 heterocycles. The molecule has 1 atom stereocenters. The van der Waals surface area contributed by atoms with E-state index in [1.165, 1.54) is 4.90 Å². The summed E-state index contributed by atoms with van der Waals surface area (Å²) < 4.78 is 0. The number of nitrogens with one attached hydrogen (secondary N) is 1. The van der Waals surface area contributed by atoms with Crippen LogP contribution in [-0.2, 0) is 4.79 Å². The molecule has 5 nitrogen and oxygen atoms in total. The Labute approximate surface area is 101 Å². The molecule has 1 rings (SSSR count). The van der Waals surface area contributed by atoms with Crippen molar-refractivity contribution in [3.8, 4) is 6.07 Å². The maximum Gasteiger partial charge on any atom is 0.244 e. The first-order valence-corrected chi connectivity index (χ1v) is 5.23. The molecular weight excluding hydrogens is 216 g/mol. The topological polar surface area (TPSA) is 82.1 Å². The molecule has 1 amide bonds. The van der Waals surface area contributed by atoms with Gasteiger partial charge in [0.2, 0.25) is 5.91 Å². The van der Waals surface area contributed by atoms with Crippen molar-refractivity contribution in [1.82, 2.24) is 4.90 Å². The third-order valence-corrected chi connectivity index (χ3v) is 2.37. The van der Waals surface area contributed by atoms with Crippen LogP contribution in [0.2, 0.25) is 0 Å². The van der Waals surface area contributed by atoms with Gasteiger partial charge in [-0.2, -0.15) is 5.26 Å². The van der Waals surface area contributed by atoms with Crippen LogP contribution < -0.4 is 11.1 Å². The Balaban J connectivity index is 2.88. The van der Waals surface area contributed by atoms with E-state index in [1.54, 1.807) is 39.2 Å². The van der Waals surface area contributed by atoms with Crippen LogP contribution >= 0.6 is 0 Å². The quantitative estimate of drug-likeness (QED) is 0.762. The van der Waals surface area contributed by atoms with Crippen LogP contribution in [-0.4, -0.2) is 30.9 Å². The minimum absolute atomic E-state index is 0.0493. The van der Waals surface area contributed by atoms with E-state index in [0.29, 0.717) is 16.9 Å². The fourth-order valence-electron chi connectivity index (χ4n) is 1.43. The second-order valence-electron chi connectivity index (χ2n) is 4.01. The predicted octanol–water partition coefficient (Wildman–Crippen LogP) is 1.03. The van der Waals surface area contributed by atoms with E-state index in [0.717, 1.165) is 0 Å². The Morgan fingerprint density at radius 3 is 2.71 bits per heavy atom. The first-order chi connectivity index (χ1) is 7.95. The number of rotatable bonds is 3. The summed E-state index contributed by atoms with van der Waals surface area (Å²) in [5, 5.41) is 11.8. The molecule has 0 aliphatic carbocycles. The van der Waals surface area contributed by atoms with Gasteiger partial charge in [0.25, 0.3) is 0 Å².